The average molecular weight is 471 g/mol. The Morgan fingerprint density at radius 3 is 2.66 bits per heavy atom. The first-order valence-electron chi connectivity index (χ1n) is 11.6. The second-order valence-electron chi connectivity index (χ2n) is 8.61. The molecule has 5 rings (SSSR count). The standard InChI is InChI=1S/C26H26N6O3/c1-17-12-20(14-25(30-17)31-8-10-34-11-9-31)35-24-13-18(15-27)2-4-21(24)23-5-3-19(16-29-23)32-7-6-22(28)26(32)33/h2-5,12-14,16,22H,6-11,28H2,1H3/t22-/m1/s1. The summed E-state index contributed by atoms with van der Waals surface area (Å²) in [5.41, 5.74) is 9.28. The number of pyridine rings is 2. The number of rotatable bonds is 5. The summed E-state index contributed by atoms with van der Waals surface area (Å²) < 4.78 is 11.8. The molecule has 0 saturated carbocycles. The Labute approximate surface area is 203 Å². The molecule has 2 aliphatic heterocycles. The van der Waals surface area contributed by atoms with Gasteiger partial charge < -0.3 is 25.0 Å². The number of nitriles is 1. The lowest BCUT2D eigenvalue weighted by molar-refractivity contribution is -0.118. The lowest BCUT2D eigenvalue weighted by Crippen LogP contribution is -2.36. The molecule has 2 aliphatic rings. The fourth-order valence-electron chi connectivity index (χ4n) is 4.31. The fraction of sp³-hybridized carbons (Fsp3) is 0.308. The van der Waals surface area contributed by atoms with Crippen LogP contribution in [0.25, 0.3) is 11.3 Å². The highest BCUT2D eigenvalue weighted by molar-refractivity contribution is 5.99. The molecular formula is C26H26N6O3. The van der Waals surface area contributed by atoms with E-state index in [-0.39, 0.29) is 5.91 Å². The highest BCUT2D eigenvalue weighted by Crippen LogP contribution is 2.35. The molecule has 178 valence electrons. The Hall–Kier alpha value is -4.00. The van der Waals surface area contributed by atoms with Crippen LogP contribution < -0.4 is 20.3 Å². The lowest BCUT2D eigenvalue weighted by atomic mass is 10.1. The third-order valence-corrected chi connectivity index (χ3v) is 6.17. The maximum Gasteiger partial charge on any atom is 0.244 e. The SMILES string of the molecule is Cc1cc(Oc2cc(C#N)ccc2-c2ccc(N3CC[C@@H](N)C3=O)cn2)cc(N2CCOCC2)n1. The number of anilines is 2. The minimum atomic E-state index is -0.459. The quantitative estimate of drug-likeness (QED) is 0.605. The normalized spacial score (nSPS) is 18.0. The number of carbonyl (C=O) groups excluding carboxylic acids is 1. The predicted octanol–water partition coefficient (Wildman–Crippen LogP) is 3.02. The Kier molecular flexibility index (Phi) is 6.31. The van der Waals surface area contributed by atoms with Crippen LogP contribution in [-0.2, 0) is 9.53 Å². The van der Waals surface area contributed by atoms with E-state index in [4.69, 9.17) is 15.2 Å². The summed E-state index contributed by atoms with van der Waals surface area (Å²) in [6, 6.07) is 14.4. The van der Waals surface area contributed by atoms with E-state index >= 15 is 0 Å². The molecule has 0 unspecified atom stereocenters. The number of nitrogens with zero attached hydrogens (tertiary/aromatic N) is 5. The lowest BCUT2D eigenvalue weighted by Gasteiger charge is -2.28. The maximum absolute atomic E-state index is 12.3. The van der Waals surface area contributed by atoms with Gasteiger partial charge in [-0.25, -0.2) is 4.98 Å². The summed E-state index contributed by atoms with van der Waals surface area (Å²) in [6.45, 7) is 5.37. The first-order valence-corrected chi connectivity index (χ1v) is 11.6. The Balaban J connectivity index is 1.45. The first kappa shape index (κ1) is 22.8. The van der Waals surface area contributed by atoms with E-state index in [0.717, 1.165) is 30.2 Å². The fourth-order valence-corrected chi connectivity index (χ4v) is 4.31. The summed E-state index contributed by atoms with van der Waals surface area (Å²) >= 11 is 0. The Bertz CT molecular complexity index is 1280. The van der Waals surface area contributed by atoms with Crippen molar-refractivity contribution >= 4 is 17.4 Å². The second-order valence-corrected chi connectivity index (χ2v) is 8.61. The van der Waals surface area contributed by atoms with Gasteiger partial charge in [-0.15, -0.1) is 0 Å². The zero-order valence-corrected chi connectivity index (χ0v) is 19.5. The number of hydrogen-bond donors (Lipinski definition) is 1. The average Bonchev–Trinajstić information content (AvgIpc) is 3.22. The van der Waals surface area contributed by atoms with Crippen LogP contribution in [-0.4, -0.2) is 54.8 Å². The monoisotopic (exact) mass is 470 g/mol. The Morgan fingerprint density at radius 2 is 1.97 bits per heavy atom. The number of aryl methyl sites for hydroxylation is 1. The van der Waals surface area contributed by atoms with E-state index in [2.05, 4.69) is 20.9 Å². The smallest absolute Gasteiger partial charge is 0.244 e. The molecule has 2 aromatic heterocycles. The van der Waals surface area contributed by atoms with Gasteiger partial charge in [-0.05, 0) is 43.7 Å². The molecule has 2 N–H and O–H groups in total. The van der Waals surface area contributed by atoms with Gasteiger partial charge in [-0.2, -0.15) is 5.26 Å². The van der Waals surface area contributed by atoms with Crippen LogP contribution >= 0.6 is 0 Å². The van der Waals surface area contributed by atoms with E-state index in [0.29, 0.717) is 54.6 Å². The van der Waals surface area contributed by atoms with E-state index in [1.54, 1.807) is 23.2 Å². The largest absolute Gasteiger partial charge is 0.456 e. The molecule has 9 nitrogen and oxygen atoms in total. The number of benzene rings is 1. The summed E-state index contributed by atoms with van der Waals surface area (Å²) in [6.07, 6.45) is 2.30. The minimum absolute atomic E-state index is 0.0916. The molecule has 1 atom stereocenters. The molecule has 9 heteroatoms. The van der Waals surface area contributed by atoms with Gasteiger partial charge >= 0.3 is 0 Å². The third kappa shape index (κ3) is 4.80. The van der Waals surface area contributed by atoms with Crippen LogP contribution in [0.1, 0.15) is 17.7 Å². The number of hydrogen-bond acceptors (Lipinski definition) is 8. The number of aromatic nitrogens is 2. The van der Waals surface area contributed by atoms with E-state index < -0.39 is 6.04 Å². The zero-order valence-electron chi connectivity index (χ0n) is 19.5. The maximum atomic E-state index is 12.3. The van der Waals surface area contributed by atoms with Gasteiger partial charge in [0.05, 0.1) is 48.5 Å². The second kappa shape index (κ2) is 9.70. The van der Waals surface area contributed by atoms with Crippen LogP contribution in [0.4, 0.5) is 11.5 Å². The van der Waals surface area contributed by atoms with Gasteiger partial charge in [0.1, 0.15) is 17.3 Å². The molecule has 0 radical (unpaired) electrons. The van der Waals surface area contributed by atoms with Crippen molar-refractivity contribution in [3.05, 3.63) is 59.9 Å². The Morgan fingerprint density at radius 1 is 1.14 bits per heavy atom. The van der Waals surface area contributed by atoms with Crippen molar-refractivity contribution in [1.82, 2.24) is 9.97 Å². The zero-order chi connectivity index (χ0) is 24.4. The van der Waals surface area contributed by atoms with Gasteiger partial charge in [0.15, 0.2) is 0 Å². The van der Waals surface area contributed by atoms with Gasteiger partial charge in [0, 0.05) is 43.0 Å². The summed E-state index contributed by atoms with van der Waals surface area (Å²) in [5.74, 6) is 1.88. The molecule has 1 amide bonds. The van der Waals surface area contributed by atoms with Crippen LogP contribution in [0.15, 0.2) is 48.7 Å². The molecule has 0 spiro atoms. The summed E-state index contributed by atoms with van der Waals surface area (Å²) in [4.78, 5) is 25.3. The molecule has 2 saturated heterocycles. The number of morpholine rings is 1. The first-order chi connectivity index (χ1) is 17.0. The third-order valence-electron chi connectivity index (χ3n) is 6.17. The minimum Gasteiger partial charge on any atom is -0.456 e. The molecule has 1 aromatic carbocycles. The van der Waals surface area contributed by atoms with Crippen molar-refractivity contribution in [2.45, 2.75) is 19.4 Å². The molecule has 35 heavy (non-hydrogen) atoms. The van der Waals surface area contributed by atoms with Crippen molar-refractivity contribution in [2.24, 2.45) is 5.73 Å². The molecular weight excluding hydrogens is 444 g/mol. The molecule has 0 bridgehead atoms. The number of ether oxygens (including phenoxy) is 2. The van der Waals surface area contributed by atoms with Gasteiger partial charge in [-0.1, -0.05) is 0 Å². The van der Waals surface area contributed by atoms with E-state index in [1.165, 1.54) is 0 Å². The number of amides is 1. The molecule has 3 aromatic rings. The van der Waals surface area contributed by atoms with E-state index in [9.17, 15) is 10.1 Å². The van der Waals surface area contributed by atoms with Crippen molar-refractivity contribution in [3.8, 4) is 28.8 Å². The molecule has 2 fully saturated rings. The molecule has 0 aliphatic carbocycles. The van der Waals surface area contributed by atoms with Gasteiger partial charge in [0.2, 0.25) is 5.91 Å². The highest BCUT2D eigenvalue weighted by Gasteiger charge is 2.29. The van der Waals surface area contributed by atoms with E-state index in [1.807, 2.05) is 37.3 Å². The van der Waals surface area contributed by atoms with Crippen LogP contribution in [0.5, 0.6) is 11.5 Å². The van der Waals surface area contributed by atoms with Gasteiger partial charge in [-0.3, -0.25) is 9.78 Å². The van der Waals surface area contributed by atoms with Crippen LogP contribution in [0.3, 0.4) is 0 Å². The summed E-state index contributed by atoms with van der Waals surface area (Å²) in [5, 5.41) is 9.45. The number of nitrogens with two attached hydrogens (primary N) is 1. The van der Waals surface area contributed by atoms with Gasteiger partial charge in [0.25, 0.3) is 0 Å². The van der Waals surface area contributed by atoms with Crippen molar-refractivity contribution in [1.29, 1.82) is 5.26 Å². The molecule has 4 heterocycles. The van der Waals surface area contributed by atoms with Crippen molar-refractivity contribution in [3.63, 3.8) is 0 Å². The highest BCUT2D eigenvalue weighted by atomic mass is 16.5. The van der Waals surface area contributed by atoms with Crippen molar-refractivity contribution in [2.75, 3.05) is 42.6 Å². The topological polar surface area (TPSA) is 118 Å². The summed E-state index contributed by atoms with van der Waals surface area (Å²) in [7, 11) is 0. The number of carbonyl (C=O) groups is 1. The predicted molar refractivity (Wildman–Crippen MR) is 131 cm³/mol. The van der Waals surface area contributed by atoms with Crippen LogP contribution in [0.2, 0.25) is 0 Å². The van der Waals surface area contributed by atoms with Crippen LogP contribution in [0, 0.1) is 18.3 Å². The van der Waals surface area contributed by atoms with Crippen molar-refractivity contribution < 1.29 is 14.3 Å².